The zero-order chi connectivity index (χ0) is 17.8. The summed E-state index contributed by atoms with van der Waals surface area (Å²) in [6.45, 7) is 0. The molecule has 0 aliphatic heterocycles. The summed E-state index contributed by atoms with van der Waals surface area (Å²) in [5.41, 5.74) is 0.205. The Bertz CT molecular complexity index is 773. The lowest BCUT2D eigenvalue weighted by Gasteiger charge is -2.16. The van der Waals surface area contributed by atoms with Gasteiger partial charge in [0.2, 0.25) is 0 Å². The Hall–Kier alpha value is -2.63. The molecule has 2 aromatic rings. The summed E-state index contributed by atoms with van der Waals surface area (Å²) in [7, 11) is 1.50. The standard InChI is InChI=1S/C19H19F2NO3/c1-24-18-10-12(6-9-17(18)25-14-4-2-3-5-14)19(23)22-16-8-7-13(20)11-15(16)21/h6-11,14H,2-5H2,1H3,(H,22,23). The molecule has 1 fully saturated rings. The first-order chi connectivity index (χ1) is 12.1. The lowest BCUT2D eigenvalue weighted by molar-refractivity contribution is 0.102. The minimum absolute atomic E-state index is 0.0864. The van der Waals surface area contributed by atoms with Crippen LogP contribution in [-0.4, -0.2) is 19.1 Å². The number of hydrogen-bond donors (Lipinski definition) is 1. The van der Waals surface area contributed by atoms with E-state index in [2.05, 4.69) is 5.32 Å². The average Bonchev–Trinajstić information content (AvgIpc) is 3.10. The summed E-state index contributed by atoms with van der Waals surface area (Å²) in [5.74, 6) is -1.03. The molecule has 1 aliphatic carbocycles. The second-order valence-electron chi connectivity index (χ2n) is 5.97. The summed E-state index contributed by atoms with van der Waals surface area (Å²) in [6, 6.07) is 7.78. The maximum atomic E-state index is 13.7. The van der Waals surface area contributed by atoms with E-state index in [0.717, 1.165) is 37.8 Å². The van der Waals surface area contributed by atoms with E-state index in [-0.39, 0.29) is 11.8 Å². The van der Waals surface area contributed by atoms with Crippen molar-refractivity contribution in [2.24, 2.45) is 0 Å². The van der Waals surface area contributed by atoms with Gasteiger partial charge in [0.05, 0.1) is 18.9 Å². The summed E-state index contributed by atoms with van der Waals surface area (Å²) < 4.78 is 37.8. The predicted molar refractivity (Wildman–Crippen MR) is 90.2 cm³/mol. The van der Waals surface area contributed by atoms with Crippen LogP contribution in [0.2, 0.25) is 0 Å². The van der Waals surface area contributed by atoms with Crippen LogP contribution in [0.1, 0.15) is 36.0 Å². The van der Waals surface area contributed by atoms with Gasteiger partial charge in [-0.15, -0.1) is 0 Å². The Kier molecular flexibility index (Phi) is 5.16. The highest BCUT2D eigenvalue weighted by atomic mass is 19.1. The second-order valence-corrected chi connectivity index (χ2v) is 5.97. The summed E-state index contributed by atoms with van der Waals surface area (Å²) >= 11 is 0. The highest BCUT2D eigenvalue weighted by Gasteiger charge is 2.19. The third-order valence-corrected chi connectivity index (χ3v) is 4.20. The van der Waals surface area contributed by atoms with Gasteiger partial charge in [-0.25, -0.2) is 8.78 Å². The van der Waals surface area contributed by atoms with Crippen LogP contribution in [0.5, 0.6) is 11.5 Å². The van der Waals surface area contributed by atoms with Crippen molar-refractivity contribution in [2.75, 3.05) is 12.4 Å². The van der Waals surface area contributed by atoms with Crippen molar-refractivity contribution < 1.29 is 23.0 Å². The molecular formula is C19H19F2NO3. The van der Waals surface area contributed by atoms with Gasteiger partial charge in [0.25, 0.3) is 5.91 Å². The van der Waals surface area contributed by atoms with Crippen LogP contribution in [0.3, 0.4) is 0 Å². The number of carbonyl (C=O) groups is 1. The van der Waals surface area contributed by atoms with Gasteiger partial charge in [0.1, 0.15) is 11.6 Å². The van der Waals surface area contributed by atoms with Gasteiger partial charge in [0, 0.05) is 11.6 Å². The van der Waals surface area contributed by atoms with E-state index in [0.29, 0.717) is 17.1 Å². The van der Waals surface area contributed by atoms with Crippen LogP contribution in [-0.2, 0) is 0 Å². The zero-order valence-electron chi connectivity index (χ0n) is 13.9. The van der Waals surface area contributed by atoms with E-state index in [1.807, 2.05) is 0 Å². The Labute approximate surface area is 144 Å². The van der Waals surface area contributed by atoms with Gasteiger partial charge >= 0.3 is 0 Å². The van der Waals surface area contributed by atoms with Crippen molar-refractivity contribution in [1.29, 1.82) is 0 Å². The Morgan fingerprint density at radius 2 is 1.84 bits per heavy atom. The molecule has 0 unspecified atom stereocenters. The molecular weight excluding hydrogens is 328 g/mol. The number of rotatable bonds is 5. The molecule has 0 aromatic heterocycles. The van der Waals surface area contributed by atoms with Crippen LogP contribution < -0.4 is 14.8 Å². The lowest BCUT2D eigenvalue weighted by Crippen LogP contribution is -2.14. The smallest absolute Gasteiger partial charge is 0.255 e. The topological polar surface area (TPSA) is 47.6 Å². The molecule has 3 rings (SSSR count). The number of amides is 1. The van der Waals surface area contributed by atoms with Gasteiger partial charge in [-0.3, -0.25) is 4.79 Å². The van der Waals surface area contributed by atoms with Gasteiger partial charge in [0.15, 0.2) is 11.5 Å². The number of halogens is 2. The molecule has 0 atom stereocenters. The fourth-order valence-electron chi connectivity index (χ4n) is 2.88. The molecule has 1 N–H and O–H groups in total. The molecule has 6 heteroatoms. The predicted octanol–water partition coefficient (Wildman–Crippen LogP) is 4.55. The first kappa shape index (κ1) is 17.2. The highest BCUT2D eigenvalue weighted by molar-refractivity contribution is 6.04. The average molecular weight is 347 g/mol. The van der Waals surface area contributed by atoms with Crippen molar-refractivity contribution in [3.05, 3.63) is 53.6 Å². The van der Waals surface area contributed by atoms with Crippen LogP contribution in [0, 0.1) is 11.6 Å². The van der Waals surface area contributed by atoms with Gasteiger partial charge in [-0.2, -0.15) is 0 Å². The molecule has 1 aliphatic rings. The molecule has 25 heavy (non-hydrogen) atoms. The fourth-order valence-corrected chi connectivity index (χ4v) is 2.88. The Morgan fingerprint density at radius 1 is 1.08 bits per heavy atom. The monoisotopic (exact) mass is 347 g/mol. The maximum Gasteiger partial charge on any atom is 0.255 e. The van der Waals surface area contributed by atoms with E-state index in [1.165, 1.54) is 13.2 Å². The van der Waals surface area contributed by atoms with E-state index in [9.17, 15) is 13.6 Å². The number of anilines is 1. The van der Waals surface area contributed by atoms with Gasteiger partial charge in [-0.05, 0) is 56.0 Å². The normalized spacial score (nSPS) is 14.4. The van der Waals surface area contributed by atoms with Crippen molar-refractivity contribution in [2.45, 2.75) is 31.8 Å². The maximum absolute atomic E-state index is 13.7. The van der Waals surface area contributed by atoms with Crippen molar-refractivity contribution in [3.63, 3.8) is 0 Å². The lowest BCUT2D eigenvalue weighted by atomic mass is 10.1. The first-order valence-electron chi connectivity index (χ1n) is 8.18. The summed E-state index contributed by atoms with van der Waals surface area (Å²) in [4.78, 5) is 12.3. The molecule has 1 saturated carbocycles. The number of nitrogens with one attached hydrogen (secondary N) is 1. The van der Waals surface area contributed by atoms with Crippen molar-refractivity contribution in [1.82, 2.24) is 0 Å². The zero-order valence-corrected chi connectivity index (χ0v) is 13.9. The minimum atomic E-state index is -0.832. The SMILES string of the molecule is COc1cc(C(=O)Nc2ccc(F)cc2F)ccc1OC1CCCC1. The molecule has 132 valence electrons. The minimum Gasteiger partial charge on any atom is -0.493 e. The van der Waals surface area contributed by atoms with E-state index >= 15 is 0 Å². The molecule has 1 amide bonds. The van der Waals surface area contributed by atoms with Gasteiger partial charge < -0.3 is 14.8 Å². The van der Waals surface area contributed by atoms with E-state index < -0.39 is 17.5 Å². The molecule has 0 bridgehead atoms. The number of hydrogen-bond acceptors (Lipinski definition) is 3. The molecule has 0 saturated heterocycles. The largest absolute Gasteiger partial charge is 0.493 e. The number of carbonyl (C=O) groups excluding carboxylic acids is 1. The molecule has 2 aromatic carbocycles. The first-order valence-corrected chi connectivity index (χ1v) is 8.18. The van der Waals surface area contributed by atoms with Crippen LogP contribution in [0.4, 0.5) is 14.5 Å². The summed E-state index contributed by atoms with van der Waals surface area (Å²) in [6.07, 6.45) is 4.49. The number of ether oxygens (including phenoxy) is 2. The van der Waals surface area contributed by atoms with Crippen LogP contribution in [0.15, 0.2) is 36.4 Å². The molecule has 4 nitrogen and oxygen atoms in total. The summed E-state index contributed by atoms with van der Waals surface area (Å²) in [5, 5.41) is 2.42. The van der Waals surface area contributed by atoms with Crippen LogP contribution in [0.25, 0.3) is 0 Å². The van der Waals surface area contributed by atoms with Crippen molar-refractivity contribution in [3.8, 4) is 11.5 Å². The highest BCUT2D eigenvalue weighted by Crippen LogP contribution is 2.32. The van der Waals surface area contributed by atoms with E-state index in [1.54, 1.807) is 18.2 Å². The van der Waals surface area contributed by atoms with Gasteiger partial charge in [-0.1, -0.05) is 0 Å². The van der Waals surface area contributed by atoms with Crippen LogP contribution >= 0.6 is 0 Å². The molecule has 0 heterocycles. The van der Waals surface area contributed by atoms with E-state index in [4.69, 9.17) is 9.47 Å². The quantitative estimate of drug-likeness (QED) is 0.863. The molecule has 0 radical (unpaired) electrons. The Balaban J connectivity index is 1.76. The third kappa shape index (κ3) is 4.07. The number of benzene rings is 2. The fraction of sp³-hybridized carbons (Fsp3) is 0.316. The number of methoxy groups -OCH3 is 1. The second kappa shape index (κ2) is 7.51. The Morgan fingerprint density at radius 3 is 2.52 bits per heavy atom. The molecule has 0 spiro atoms. The third-order valence-electron chi connectivity index (χ3n) is 4.20. The van der Waals surface area contributed by atoms with Crippen molar-refractivity contribution >= 4 is 11.6 Å².